The maximum atomic E-state index is 12.6. The second-order valence-corrected chi connectivity index (χ2v) is 6.76. The predicted molar refractivity (Wildman–Crippen MR) is 95.0 cm³/mol. The molecule has 0 saturated carbocycles. The van der Waals surface area contributed by atoms with Gasteiger partial charge in [-0.1, -0.05) is 0 Å². The van der Waals surface area contributed by atoms with Crippen molar-refractivity contribution in [2.45, 2.75) is 31.9 Å². The highest BCUT2D eigenvalue weighted by Gasteiger charge is 2.22. The minimum atomic E-state index is -0.0224. The first-order chi connectivity index (χ1) is 11.8. The van der Waals surface area contributed by atoms with Gasteiger partial charge in [-0.3, -0.25) is 4.98 Å². The van der Waals surface area contributed by atoms with Crippen molar-refractivity contribution >= 4 is 17.4 Å². The van der Waals surface area contributed by atoms with Crippen LogP contribution in [0.3, 0.4) is 0 Å². The third kappa shape index (κ3) is 5.04. The number of thiophene rings is 1. The maximum Gasteiger partial charge on any atom is 0.317 e. The van der Waals surface area contributed by atoms with E-state index >= 15 is 0 Å². The Morgan fingerprint density at radius 1 is 1.33 bits per heavy atom. The summed E-state index contributed by atoms with van der Waals surface area (Å²) in [4.78, 5) is 18.5. The van der Waals surface area contributed by atoms with Gasteiger partial charge >= 0.3 is 6.03 Å². The Balaban J connectivity index is 1.53. The number of rotatable bonds is 7. The SMILES string of the molecule is O=C(NCCc1ccncc1)N(Cc1ccsc1)C[C@@H]1CCCO1. The molecule has 2 aromatic heterocycles. The number of nitrogens with zero attached hydrogens (tertiary/aromatic N) is 2. The summed E-state index contributed by atoms with van der Waals surface area (Å²) < 4.78 is 5.70. The molecule has 2 amide bonds. The minimum Gasteiger partial charge on any atom is -0.376 e. The molecule has 2 aromatic rings. The number of amides is 2. The largest absolute Gasteiger partial charge is 0.376 e. The lowest BCUT2D eigenvalue weighted by Gasteiger charge is -2.25. The van der Waals surface area contributed by atoms with Gasteiger partial charge in [0.15, 0.2) is 0 Å². The van der Waals surface area contributed by atoms with Gasteiger partial charge in [0, 0.05) is 38.6 Å². The molecule has 1 aliphatic rings. The summed E-state index contributed by atoms with van der Waals surface area (Å²) in [5.74, 6) is 0. The molecule has 1 N–H and O–H groups in total. The van der Waals surface area contributed by atoms with Crippen LogP contribution in [0.5, 0.6) is 0 Å². The molecule has 3 rings (SSSR count). The van der Waals surface area contributed by atoms with E-state index in [1.54, 1.807) is 23.7 Å². The van der Waals surface area contributed by atoms with E-state index < -0.39 is 0 Å². The Kier molecular flexibility index (Phi) is 6.20. The van der Waals surface area contributed by atoms with E-state index in [0.717, 1.165) is 25.9 Å². The van der Waals surface area contributed by atoms with E-state index in [1.165, 1.54) is 11.1 Å². The van der Waals surface area contributed by atoms with Gasteiger partial charge in [0.2, 0.25) is 0 Å². The van der Waals surface area contributed by atoms with Crippen LogP contribution >= 0.6 is 11.3 Å². The number of aromatic nitrogens is 1. The van der Waals surface area contributed by atoms with Gasteiger partial charge in [-0.15, -0.1) is 0 Å². The summed E-state index contributed by atoms with van der Waals surface area (Å²) >= 11 is 1.66. The van der Waals surface area contributed by atoms with Crippen molar-refractivity contribution in [2.75, 3.05) is 19.7 Å². The number of carbonyl (C=O) groups excluding carboxylic acids is 1. The van der Waals surface area contributed by atoms with E-state index in [2.05, 4.69) is 21.7 Å². The topological polar surface area (TPSA) is 54.5 Å². The molecule has 1 aliphatic heterocycles. The van der Waals surface area contributed by atoms with Gasteiger partial charge in [-0.05, 0) is 59.3 Å². The van der Waals surface area contributed by atoms with Gasteiger partial charge in [0.25, 0.3) is 0 Å². The van der Waals surface area contributed by atoms with Crippen LogP contribution in [0, 0.1) is 0 Å². The first kappa shape index (κ1) is 16.9. The molecule has 3 heterocycles. The van der Waals surface area contributed by atoms with Gasteiger partial charge in [0.1, 0.15) is 0 Å². The molecule has 0 radical (unpaired) electrons. The molecule has 128 valence electrons. The van der Waals surface area contributed by atoms with Crippen LogP contribution in [-0.2, 0) is 17.7 Å². The van der Waals surface area contributed by atoms with Crippen LogP contribution in [0.4, 0.5) is 4.79 Å². The van der Waals surface area contributed by atoms with Crippen molar-refractivity contribution in [3.8, 4) is 0 Å². The Labute approximate surface area is 146 Å². The number of urea groups is 1. The molecule has 0 unspecified atom stereocenters. The lowest BCUT2D eigenvalue weighted by Crippen LogP contribution is -2.43. The van der Waals surface area contributed by atoms with Gasteiger partial charge in [-0.25, -0.2) is 4.79 Å². The van der Waals surface area contributed by atoms with Gasteiger partial charge < -0.3 is 15.0 Å². The highest BCUT2D eigenvalue weighted by molar-refractivity contribution is 7.07. The van der Waals surface area contributed by atoms with Crippen molar-refractivity contribution in [3.05, 3.63) is 52.5 Å². The third-order valence-corrected chi connectivity index (χ3v) is 4.86. The van der Waals surface area contributed by atoms with Crippen molar-refractivity contribution in [1.82, 2.24) is 15.2 Å². The first-order valence-electron chi connectivity index (χ1n) is 8.35. The van der Waals surface area contributed by atoms with Crippen molar-refractivity contribution in [1.29, 1.82) is 0 Å². The lowest BCUT2D eigenvalue weighted by atomic mass is 10.2. The van der Waals surface area contributed by atoms with E-state index in [9.17, 15) is 4.79 Å². The smallest absolute Gasteiger partial charge is 0.317 e. The molecule has 0 spiro atoms. The molecular formula is C18H23N3O2S. The third-order valence-electron chi connectivity index (χ3n) is 4.13. The monoisotopic (exact) mass is 345 g/mol. The fourth-order valence-electron chi connectivity index (χ4n) is 2.83. The number of carbonyl (C=O) groups is 1. The molecule has 1 fully saturated rings. The summed E-state index contributed by atoms with van der Waals surface area (Å²) in [6.07, 6.45) is 6.63. The van der Waals surface area contributed by atoms with Crippen LogP contribution in [0.1, 0.15) is 24.0 Å². The first-order valence-corrected chi connectivity index (χ1v) is 9.30. The minimum absolute atomic E-state index is 0.0224. The standard InChI is InChI=1S/C18H23N3O2S/c22-18(20-9-5-15-3-7-19-8-4-15)21(12-16-6-11-24-14-16)13-17-2-1-10-23-17/h3-4,6-8,11,14,17H,1-2,5,9-10,12-13H2,(H,20,22)/t17-/m0/s1. The molecule has 24 heavy (non-hydrogen) atoms. The van der Waals surface area contributed by atoms with Crippen LogP contribution < -0.4 is 5.32 Å². The Hall–Kier alpha value is -1.92. The summed E-state index contributed by atoms with van der Waals surface area (Å²) in [6, 6.07) is 5.99. The number of ether oxygens (including phenoxy) is 1. The van der Waals surface area contributed by atoms with Crippen molar-refractivity contribution < 1.29 is 9.53 Å². The zero-order valence-electron chi connectivity index (χ0n) is 13.7. The molecule has 0 aromatic carbocycles. The average Bonchev–Trinajstić information content (AvgIpc) is 3.29. The van der Waals surface area contributed by atoms with Crippen LogP contribution in [0.25, 0.3) is 0 Å². The van der Waals surface area contributed by atoms with Gasteiger partial charge in [0.05, 0.1) is 6.10 Å². The Morgan fingerprint density at radius 2 is 2.21 bits per heavy atom. The van der Waals surface area contributed by atoms with Gasteiger partial charge in [-0.2, -0.15) is 11.3 Å². The molecule has 5 nitrogen and oxygen atoms in total. The number of hydrogen-bond acceptors (Lipinski definition) is 4. The summed E-state index contributed by atoms with van der Waals surface area (Å²) in [5.41, 5.74) is 2.34. The van der Waals surface area contributed by atoms with E-state index in [0.29, 0.717) is 19.6 Å². The zero-order valence-corrected chi connectivity index (χ0v) is 14.5. The Morgan fingerprint density at radius 3 is 2.92 bits per heavy atom. The number of hydrogen-bond donors (Lipinski definition) is 1. The lowest BCUT2D eigenvalue weighted by molar-refractivity contribution is 0.0795. The fourth-order valence-corrected chi connectivity index (χ4v) is 3.49. The summed E-state index contributed by atoms with van der Waals surface area (Å²) in [7, 11) is 0. The normalized spacial score (nSPS) is 16.9. The zero-order chi connectivity index (χ0) is 16.6. The molecular weight excluding hydrogens is 322 g/mol. The van der Waals surface area contributed by atoms with Crippen LogP contribution in [0.15, 0.2) is 41.4 Å². The number of nitrogens with one attached hydrogen (secondary N) is 1. The summed E-state index contributed by atoms with van der Waals surface area (Å²) in [6.45, 7) is 2.70. The average molecular weight is 345 g/mol. The molecule has 1 saturated heterocycles. The maximum absolute atomic E-state index is 12.6. The molecule has 1 atom stereocenters. The van der Waals surface area contributed by atoms with E-state index in [1.807, 2.05) is 22.4 Å². The molecule has 0 aliphatic carbocycles. The quantitative estimate of drug-likeness (QED) is 0.839. The highest BCUT2D eigenvalue weighted by atomic mass is 32.1. The van der Waals surface area contributed by atoms with E-state index in [4.69, 9.17) is 4.74 Å². The Bertz CT molecular complexity index is 612. The number of pyridine rings is 1. The fraction of sp³-hybridized carbons (Fsp3) is 0.444. The van der Waals surface area contributed by atoms with Crippen molar-refractivity contribution in [2.24, 2.45) is 0 Å². The van der Waals surface area contributed by atoms with Crippen LogP contribution in [0.2, 0.25) is 0 Å². The second-order valence-electron chi connectivity index (χ2n) is 5.98. The van der Waals surface area contributed by atoms with E-state index in [-0.39, 0.29) is 12.1 Å². The molecule has 0 bridgehead atoms. The van der Waals surface area contributed by atoms with Crippen molar-refractivity contribution in [3.63, 3.8) is 0 Å². The predicted octanol–water partition coefficient (Wildman–Crippen LogP) is 3.08. The summed E-state index contributed by atoms with van der Waals surface area (Å²) in [5, 5.41) is 7.16. The highest BCUT2D eigenvalue weighted by Crippen LogP contribution is 2.16. The van der Waals surface area contributed by atoms with Crippen LogP contribution in [-0.4, -0.2) is 41.7 Å². The second kappa shape index (κ2) is 8.80. The molecule has 6 heteroatoms.